The zero-order chi connectivity index (χ0) is 14.8. The first-order chi connectivity index (χ1) is 9.58. The molecule has 0 atom stereocenters. The van der Waals surface area contributed by atoms with Gasteiger partial charge in [0.2, 0.25) is 0 Å². The average molecular weight is 300 g/mol. The largest absolute Gasteiger partial charge is 0.481 e. The third-order valence-electron chi connectivity index (χ3n) is 3.31. The Bertz CT molecular complexity index is 344. The van der Waals surface area contributed by atoms with Crippen molar-refractivity contribution >= 4 is 23.7 Å². The van der Waals surface area contributed by atoms with E-state index < -0.39 is 5.97 Å². The summed E-state index contributed by atoms with van der Waals surface area (Å²) in [7, 11) is 0. The van der Waals surface area contributed by atoms with Crippen molar-refractivity contribution in [2.24, 2.45) is 0 Å². The van der Waals surface area contributed by atoms with E-state index in [9.17, 15) is 9.59 Å². The number of allylic oxidation sites excluding steroid dienone is 2. The second-order valence-corrected chi connectivity index (χ2v) is 6.36. The van der Waals surface area contributed by atoms with Crippen molar-refractivity contribution in [2.75, 3.05) is 5.75 Å². The third-order valence-corrected chi connectivity index (χ3v) is 4.31. The number of hydrogen-bond acceptors (Lipinski definition) is 4. The predicted octanol–water partition coefficient (Wildman–Crippen LogP) is 3.75. The van der Waals surface area contributed by atoms with Crippen LogP contribution in [0.2, 0.25) is 0 Å². The summed E-state index contributed by atoms with van der Waals surface area (Å²) in [6, 6.07) is 0. The topological polar surface area (TPSA) is 63.6 Å². The number of thioether (sulfide) groups is 1. The summed E-state index contributed by atoms with van der Waals surface area (Å²) in [5, 5.41) is 8.54. The van der Waals surface area contributed by atoms with E-state index in [1.54, 1.807) is 0 Å². The average Bonchev–Trinajstić information content (AvgIpc) is 2.64. The zero-order valence-corrected chi connectivity index (χ0v) is 12.9. The number of carbonyl (C=O) groups is 2. The molecule has 0 saturated heterocycles. The number of carboxylic acids is 1. The van der Waals surface area contributed by atoms with Gasteiger partial charge in [0.05, 0.1) is 5.75 Å². The van der Waals surface area contributed by atoms with Gasteiger partial charge in [-0.15, -0.1) is 11.8 Å². The Morgan fingerprint density at radius 3 is 2.50 bits per heavy atom. The van der Waals surface area contributed by atoms with Crippen molar-refractivity contribution in [3.05, 3.63) is 11.0 Å². The standard InChI is InChI=1S/C15H24O4S/c1-12(7-6-10-14(16)17)20-11-15(18)19-13-8-4-2-3-5-9-13/h7,13H,2-6,8-11H2,1H3,(H,16,17)/b12-7-. The minimum atomic E-state index is -0.799. The highest BCUT2D eigenvalue weighted by Crippen LogP contribution is 2.21. The second kappa shape index (κ2) is 9.86. The maximum absolute atomic E-state index is 11.7. The lowest BCUT2D eigenvalue weighted by Gasteiger charge is -2.15. The van der Waals surface area contributed by atoms with Crippen LogP contribution in [-0.2, 0) is 14.3 Å². The molecule has 4 nitrogen and oxygen atoms in total. The summed E-state index contributed by atoms with van der Waals surface area (Å²) in [5.41, 5.74) is 0. The van der Waals surface area contributed by atoms with E-state index in [-0.39, 0.29) is 18.5 Å². The first kappa shape index (κ1) is 17.1. The number of aliphatic carboxylic acids is 1. The van der Waals surface area contributed by atoms with Crippen LogP contribution in [0.3, 0.4) is 0 Å². The summed E-state index contributed by atoms with van der Waals surface area (Å²) in [6.45, 7) is 1.89. The summed E-state index contributed by atoms with van der Waals surface area (Å²) in [4.78, 5) is 23.1. The van der Waals surface area contributed by atoms with E-state index in [1.807, 2.05) is 13.0 Å². The smallest absolute Gasteiger partial charge is 0.316 e. The molecule has 0 unspecified atom stereocenters. The highest BCUT2D eigenvalue weighted by Gasteiger charge is 2.16. The van der Waals surface area contributed by atoms with E-state index in [1.165, 1.54) is 24.6 Å². The predicted molar refractivity (Wildman–Crippen MR) is 80.7 cm³/mol. The minimum absolute atomic E-state index is 0.0990. The van der Waals surface area contributed by atoms with Crippen molar-refractivity contribution in [1.29, 1.82) is 0 Å². The highest BCUT2D eigenvalue weighted by atomic mass is 32.2. The van der Waals surface area contributed by atoms with Crippen LogP contribution in [0.25, 0.3) is 0 Å². The van der Waals surface area contributed by atoms with Gasteiger partial charge in [-0.25, -0.2) is 0 Å². The van der Waals surface area contributed by atoms with Crippen LogP contribution >= 0.6 is 11.8 Å². The van der Waals surface area contributed by atoms with E-state index in [0.29, 0.717) is 12.2 Å². The SMILES string of the molecule is C/C(=C/CCC(=O)O)SCC(=O)OC1CCCCCC1. The van der Waals surface area contributed by atoms with Crippen LogP contribution in [0.4, 0.5) is 0 Å². The Morgan fingerprint density at radius 1 is 1.25 bits per heavy atom. The number of ether oxygens (including phenoxy) is 1. The molecule has 0 spiro atoms. The molecule has 0 bridgehead atoms. The van der Waals surface area contributed by atoms with Crippen LogP contribution in [0.1, 0.15) is 58.3 Å². The molecule has 1 aliphatic carbocycles. The molecule has 0 aromatic heterocycles. The van der Waals surface area contributed by atoms with Gasteiger partial charge in [0, 0.05) is 6.42 Å². The fourth-order valence-corrected chi connectivity index (χ4v) is 2.86. The van der Waals surface area contributed by atoms with Crippen molar-refractivity contribution in [3.8, 4) is 0 Å². The lowest BCUT2D eigenvalue weighted by molar-refractivity contribution is -0.146. The molecule has 0 amide bonds. The molecule has 1 aliphatic rings. The molecule has 0 radical (unpaired) electrons. The molecule has 1 saturated carbocycles. The Morgan fingerprint density at radius 2 is 1.90 bits per heavy atom. The molecule has 0 aromatic carbocycles. The van der Waals surface area contributed by atoms with Gasteiger partial charge < -0.3 is 9.84 Å². The van der Waals surface area contributed by atoms with Crippen molar-refractivity contribution in [3.63, 3.8) is 0 Å². The van der Waals surface area contributed by atoms with Crippen LogP contribution in [-0.4, -0.2) is 28.9 Å². The first-order valence-corrected chi connectivity index (χ1v) is 8.27. The third kappa shape index (κ3) is 8.25. The quantitative estimate of drug-likeness (QED) is 0.573. The van der Waals surface area contributed by atoms with Gasteiger partial charge in [-0.05, 0) is 43.9 Å². The molecule has 5 heteroatoms. The van der Waals surface area contributed by atoms with E-state index in [2.05, 4.69) is 0 Å². The van der Waals surface area contributed by atoms with Crippen molar-refractivity contribution in [2.45, 2.75) is 64.4 Å². The number of carboxylic acid groups (broad SMARTS) is 1. The lowest BCUT2D eigenvalue weighted by Crippen LogP contribution is -2.18. The normalized spacial score (nSPS) is 17.6. The fourth-order valence-electron chi connectivity index (χ4n) is 2.21. The van der Waals surface area contributed by atoms with Crippen LogP contribution in [0.15, 0.2) is 11.0 Å². The molecule has 1 rings (SSSR count). The van der Waals surface area contributed by atoms with Crippen LogP contribution in [0, 0.1) is 0 Å². The number of esters is 1. The molecule has 0 aromatic rings. The number of carbonyl (C=O) groups excluding carboxylic acids is 1. The maximum atomic E-state index is 11.7. The fraction of sp³-hybridized carbons (Fsp3) is 0.733. The molecular formula is C15H24O4S. The molecule has 1 fully saturated rings. The van der Waals surface area contributed by atoms with Gasteiger partial charge >= 0.3 is 11.9 Å². The summed E-state index contributed by atoms with van der Waals surface area (Å²) in [6.07, 6.45) is 9.37. The van der Waals surface area contributed by atoms with Crippen molar-refractivity contribution in [1.82, 2.24) is 0 Å². The van der Waals surface area contributed by atoms with Gasteiger partial charge in [-0.2, -0.15) is 0 Å². The van der Waals surface area contributed by atoms with E-state index in [4.69, 9.17) is 9.84 Å². The van der Waals surface area contributed by atoms with Crippen LogP contribution < -0.4 is 0 Å². The van der Waals surface area contributed by atoms with Gasteiger partial charge in [0.25, 0.3) is 0 Å². The lowest BCUT2D eigenvalue weighted by atomic mass is 10.1. The first-order valence-electron chi connectivity index (χ1n) is 7.29. The molecule has 114 valence electrons. The Hall–Kier alpha value is -0.970. The summed E-state index contributed by atoms with van der Waals surface area (Å²) < 4.78 is 5.48. The Kier molecular flexibility index (Phi) is 8.42. The van der Waals surface area contributed by atoms with Gasteiger partial charge in [-0.1, -0.05) is 18.9 Å². The molecule has 0 heterocycles. The zero-order valence-electron chi connectivity index (χ0n) is 12.1. The monoisotopic (exact) mass is 300 g/mol. The van der Waals surface area contributed by atoms with Gasteiger partial charge in [0.15, 0.2) is 0 Å². The summed E-state index contributed by atoms with van der Waals surface area (Å²) in [5.74, 6) is -0.647. The van der Waals surface area contributed by atoms with E-state index >= 15 is 0 Å². The molecule has 1 N–H and O–H groups in total. The Labute approximate surface area is 125 Å². The number of rotatable bonds is 7. The Balaban J connectivity index is 2.19. The van der Waals surface area contributed by atoms with E-state index in [0.717, 1.165) is 30.6 Å². The second-order valence-electron chi connectivity index (χ2n) is 5.14. The molecule has 0 aliphatic heterocycles. The minimum Gasteiger partial charge on any atom is -0.481 e. The van der Waals surface area contributed by atoms with Gasteiger partial charge in [-0.3, -0.25) is 9.59 Å². The maximum Gasteiger partial charge on any atom is 0.316 e. The molecule has 20 heavy (non-hydrogen) atoms. The highest BCUT2D eigenvalue weighted by molar-refractivity contribution is 8.03. The molecular weight excluding hydrogens is 276 g/mol. The van der Waals surface area contributed by atoms with Gasteiger partial charge in [0.1, 0.15) is 6.10 Å². The summed E-state index contributed by atoms with van der Waals surface area (Å²) >= 11 is 1.42. The van der Waals surface area contributed by atoms with Crippen molar-refractivity contribution < 1.29 is 19.4 Å². The number of hydrogen-bond donors (Lipinski definition) is 1. The van der Waals surface area contributed by atoms with Crippen LogP contribution in [0.5, 0.6) is 0 Å².